The summed E-state index contributed by atoms with van der Waals surface area (Å²) in [6.07, 6.45) is 2.64. The number of nitrogens with one attached hydrogen (secondary N) is 1. The Hall–Kier alpha value is -1.10. The van der Waals surface area contributed by atoms with E-state index in [2.05, 4.69) is 17.4 Å². The molecular formula is C15H19NO2S. The molecule has 1 saturated carbocycles. The Morgan fingerprint density at radius 1 is 1.32 bits per heavy atom. The number of ether oxygens (including phenoxy) is 2. The number of hydrogen-bond acceptors (Lipinski definition) is 4. The molecule has 3 nitrogen and oxygen atoms in total. The largest absolute Gasteiger partial charge is 0.497 e. The van der Waals surface area contributed by atoms with E-state index in [0.717, 1.165) is 18.3 Å². The van der Waals surface area contributed by atoms with Gasteiger partial charge in [-0.15, -0.1) is 11.3 Å². The highest BCUT2D eigenvalue weighted by Gasteiger charge is 2.21. The predicted molar refractivity (Wildman–Crippen MR) is 79.0 cm³/mol. The second-order valence-electron chi connectivity index (χ2n) is 4.95. The van der Waals surface area contributed by atoms with Crippen molar-refractivity contribution in [3.8, 4) is 5.75 Å². The Morgan fingerprint density at radius 2 is 2.16 bits per heavy atom. The number of fused-ring (bicyclic) bond motifs is 1. The lowest BCUT2D eigenvalue weighted by Crippen LogP contribution is -2.15. The number of thiophene rings is 1. The van der Waals surface area contributed by atoms with Gasteiger partial charge in [-0.1, -0.05) is 0 Å². The van der Waals surface area contributed by atoms with Crippen LogP contribution in [0.25, 0.3) is 10.1 Å². The molecule has 0 spiro atoms. The van der Waals surface area contributed by atoms with E-state index in [-0.39, 0.29) is 0 Å². The smallest absolute Gasteiger partial charge is 0.120 e. The van der Waals surface area contributed by atoms with Crippen LogP contribution < -0.4 is 10.1 Å². The third kappa shape index (κ3) is 2.76. The first-order chi connectivity index (χ1) is 9.31. The summed E-state index contributed by atoms with van der Waals surface area (Å²) in [5.74, 6) is 0.916. The van der Waals surface area contributed by atoms with Gasteiger partial charge >= 0.3 is 0 Å². The fourth-order valence-corrected chi connectivity index (χ4v) is 3.47. The van der Waals surface area contributed by atoms with Crippen LogP contribution in [-0.4, -0.2) is 20.3 Å². The monoisotopic (exact) mass is 277 g/mol. The van der Waals surface area contributed by atoms with Gasteiger partial charge in [-0.25, -0.2) is 0 Å². The molecule has 1 aliphatic carbocycles. The molecule has 1 aromatic heterocycles. The maximum atomic E-state index is 5.36. The molecule has 0 radical (unpaired) electrons. The Kier molecular flexibility index (Phi) is 3.73. The van der Waals surface area contributed by atoms with E-state index in [1.807, 2.05) is 17.4 Å². The van der Waals surface area contributed by atoms with E-state index in [1.165, 1.54) is 33.4 Å². The van der Waals surface area contributed by atoms with Crippen molar-refractivity contribution < 1.29 is 9.47 Å². The Morgan fingerprint density at radius 3 is 2.84 bits per heavy atom. The van der Waals surface area contributed by atoms with Crippen molar-refractivity contribution in [3.05, 3.63) is 28.6 Å². The van der Waals surface area contributed by atoms with Crippen LogP contribution in [0, 0.1) is 0 Å². The van der Waals surface area contributed by atoms with Crippen LogP contribution >= 0.6 is 11.3 Å². The second-order valence-corrected chi connectivity index (χ2v) is 6.09. The van der Waals surface area contributed by atoms with Crippen molar-refractivity contribution >= 4 is 21.4 Å². The van der Waals surface area contributed by atoms with E-state index < -0.39 is 0 Å². The van der Waals surface area contributed by atoms with Crippen LogP contribution in [0.2, 0.25) is 0 Å². The molecule has 3 rings (SSSR count). The standard InChI is InChI=1S/C15H19NO2S/c1-17-9-13-12-6-5-11(18-2)7-14(12)19-15(13)8-16-10-3-4-10/h5-7,10,16H,3-4,8-9H2,1-2H3. The summed E-state index contributed by atoms with van der Waals surface area (Å²) in [5, 5.41) is 4.88. The zero-order chi connectivity index (χ0) is 13.2. The first kappa shape index (κ1) is 12.9. The number of rotatable bonds is 6. The molecule has 4 heteroatoms. The van der Waals surface area contributed by atoms with Gasteiger partial charge in [-0.3, -0.25) is 0 Å². The first-order valence-corrected chi connectivity index (χ1v) is 7.44. The Labute approximate surface area is 117 Å². The lowest BCUT2D eigenvalue weighted by atomic mass is 10.1. The molecule has 1 N–H and O–H groups in total. The maximum Gasteiger partial charge on any atom is 0.120 e. The average Bonchev–Trinajstić information content (AvgIpc) is 3.20. The fourth-order valence-electron chi connectivity index (χ4n) is 2.28. The molecule has 102 valence electrons. The van der Waals surface area contributed by atoms with Crippen LogP contribution in [0.1, 0.15) is 23.3 Å². The van der Waals surface area contributed by atoms with E-state index >= 15 is 0 Å². The third-order valence-electron chi connectivity index (χ3n) is 3.50. The zero-order valence-electron chi connectivity index (χ0n) is 11.4. The molecule has 19 heavy (non-hydrogen) atoms. The van der Waals surface area contributed by atoms with Crippen LogP contribution in [-0.2, 0) is 17.9 Å². The summed E-state index contributed by atoms with van der Waals surface area (Å²) in [4.78, 5) is 1.39. The van der Waals surface area contributed by atoms with Crippen molar-refractivity contribution in [2.75, 3.05) is 14.2 Å². The lowest BCUT2D eigenvalue weighted by molar-refractivity contribution is 0.185. The zero-order valence-corrected chi connectivity index (χ0v) is 12.2. The molecule has 1 fully saturated rings. The molecule has 0 bridgehead atoms. The van der Waals surface area contributed by atoms with Crippen LogP contribution in [0.3, 0.4) is 0 Å². The molecule has 2 aromatic rings. The van der Waals surface area contributed by atoms with Gasteiger partial charge in [-0.05, 0) is 36.4 Å². The molecule has 0 aliphatic heterocycles. The summed E-state index contributed by atoms with van der Waals surface area (Å²) >= 11 is 1.84. The molecule has 0 saturated heterocycles. The van der Waals surface area contributed by atoms with Gasteiger partial charge in [0, 0.05) is 34.8 Å². The highest BCUT2D eigenvalue weighted by molar-refractivity contribution is 7.19. The van der Waals surface area contributed by atoms with Gasteiger partial charge in [0.1, 0.15) is 5.75 Å². The second kappa shape index (κ2) is 5.49. The molecule has 1 aliphatic rings. The van der Waals surface area contributed by atoms with Gasteiger partial charge in [0.15, 0.2) is 0 Å². The van der Waals surface area contributed by atoms with Gasteiger partial charge in [0.05, 0.1) is 13.7 Å². The maximum absolute atomic E-state index is 5.36. The molecular weight excluding hydrogens is 258 g/mol. The van der Waals surface area contributed by atoms with Gasteiger partial charge in [0.25, 0.3) is 0 Å². The third-order valence-corrected chi connectivity index (χ3v) is 4.70. The minimum absolute atomic E-state index is 0.675. The summed E-state index contributed by atoms with van der Waals surface area (Å²) < 4.78 is 11.9. The Bertz CT molecular complexity index is 575. The van der Waals surface area contributed by atoms with Crippen LogP contribution in [0.4, 0.5) is 0 Å². The highest BCUT2D eigenvalue weighted by Crippen LogP contribution is 2.35. The molecule has 0 amide bonds. The van der Waals surface area contributed by atoms with E-state index in [9.17, 15) is 0 Å². The van der Waals surface area contributed by atoms with Crippen molar-refractivity contribution in [2.45, 2.75) is 32.0 Å². The first-order valence-electron chi connectivity index (χ1n) is 6.62. The Balaban J connectivity index is 1.94. The predicted octanol–water partition coefficient (Wildman–Crippen LogP) is 3.31. The van der Waals surface area contributed by atoms with Gasteiger partial charge in [-0.2, -0.15) is 0 Å². The average molecular weight is 277 g/mol. The van der Waals surface area contributed by atoms with E-state index in [4.69, 9.17) is 9.47 Å². The van der Waals surface area contributed by atoms with Crippen molar-refractivity contribution in [3.63, 3.8) is 0 Å². The fraction of sp³-hybridized carbons (Fsp3) is 0.467. The van der Waals surface area contributed by atoms with Gasteiger partial charge < -0.3 is 14.8 Å². The normalized spacial score (nSPS) is 15.1. The number of hydrogen-bond donors (Lipinski definition) is 1. The molecule has 0 unspecified atom stereocenters. The van der Waals surface area contributed by atoms with Crippen molar-refractivity contribution in [1.29, 1.82) is 0 Å². The topological polar surface area (TPSA) is 30.5 Å². The number of methoxy groups -OCH3 is 2. The van der Waals surface area contributed by atoms with Crippen LogP contribution in [0.15, 0.2) is 18.2 Å². The number of benzene rings is 1. The quantitative estimate of drug-likeness (QED) is 0.878. The van der Waals surface area contributed by atoms with Crippen LogP contribution in [0.5, 0.6) is 5.75 Å². The minimum Gasteiger partial charge on any atom is -0.497 e. The molecule has 1 heterocycles. The highest BCUT2D eigenvalue weighted by atomic mass is 32.1. The SMILES string of the molecule is COCc1c(CNC2CC2)sc2cc(OC)ccc12. The minimum atomic E-state index is 0.675. The van der Waals surface area contributed by atoms with Crippen molar-refractivity contribution in [2.24, 2.45) is 0 Å². The van der Waals surface area contributed by atoms with Crippen molar-refractivity contribution in [1.82, 2.24) is 5.32 Å². The summed E-state index contributed by atoms with van der Waals surface area (Å²) in [7, 11) is 3.46. The summed E-state index contributed by atoms with van der Waals surface area (Å²) in [6, 6.07) is 7.00. The summed E-state index contributed by atoms with van der Waals surface area (Å²) in [5.41, 5.74) is 1.32. The lowest BCUT2D eigenvalue weighted by Gasteiger charge is -2.05. The molecule has 1 aromatic carbocycles. The van der Waals surface area contributed by atoms with Gasteiger partial charge in [0.2, 0.25) is 0 Å². The molecule has 0 atom stereocenters. The van der Waals surface area contributed by atoms with E-state index in [1.54, 1.807) is 14.2 Å². The summed E-state index contributed by atoms with van der Waals surface area (Å²) in [6.45, 7) is 1.62. The van der Waals surface area contributed by atoms with E-state index in [0.29, 0.717) is 6.61 Å².